The van der Waals surface area contributed by atoms with Gasteiger partial charge in [0.25, 0.3) is 0 Å². The van der Waals surface area contributed by atoms with Crippen LogP contribution in [0.1, 0.15) is 0 Å². The summed E-state index contributed by atoms with van der Waals surface area (Å²) < 4.78 is 2.14. The maximum absolute atomic E-state index is 7.28. The first-order valence-electron chi connectivity index (χ1n) is 7.70. The standard InChI is InChI=1S/C20H12N4/c1-21-14-8-9-18-17(11-14)16-7-4-10-22-20(16)24(18)19-15-6-3-2-5-13(15)12-23-19/h2-12,23H. The van der Waals surface area contributed by atoms with Gasteiger partial charge in [-0.3, -0.25) is 4.57 Å². The topological polar surface area (TPSA) is 38.0 Å². The molecule has 4 nitrogen and oxygen atoms in total. The van der Waals surface area contributed by atoms with Crippen molar-refractivity contribution in [3.05, 3.63) is 78.4 Å². The van der Waals surface area contributed by atoms with E-state index in [1.165, 1.54) is 0 Å². The molecule has 3 heterocycles. The van der Waals surface area contributed by atoms with Crippen LogP contribution in [0.15, 0.2) is 67.0 Å². The molecular formula is C20H12N4. The van der Waals surface area contributed by atoms with Crippen molar-refractivity contribution in [1.29, 1.82) is 0 Å². The minimum absolute atomic E-state index is 0.641. The summed E-state index contributed by atoms with van der Waals surface area (Å²) in [6, 6.07) is 18.1. The molecule has 1 N–H and O–H groups in total. The van der Waals surface area contributed by atoms with Gasteiger partial charge in [0.15, 0.2) is 5.69 Å². The highest BCUT2D eigenvalue weighted by molar-refractivity contribution is 6.10. The number of pyridine rings is 1. The Balaban J connectivity index is 1.99. The molecule has 3 aromatic heterocycles. The largest absolute Gasteiger partial charge is 0.347 e. The third-order valence-electron chi connectivity index (χ3n) is 4.44. The Morgan fingerprint density at radius 3 is 2.75 bits per heavy atom. The second kappa shape index (κ2) is 4.71. The van der Waals surface area contributed by atoms with Gasteiger partial charge in [-0.1, -0.05) is 30.3 Å². The first-order valence-corrected chi connectivity index (χ1v) is 7.70. The average Bonchev–Trinajstić information content (AvgIpc) is 3.20. The van der Waals surface area contributed by atoms with Crippen LogP contribution in [-0.4, -0.2) is 14.5 Å². The summed E-state index contributed by atoms with van der Waals surface area (Å²) in [4.78, 5) is 11.6. The number of nitrogens with zero attached hydrogens (tertiary/aromatic N) is 3. The number of rotatable bonds is 1. The summed E-state index contributed by atoms with van der Waals surface area (Å²) in [7, 11) is 0. The molecule has 4 heteroatoms. The quantitative estimate of drug-likeness (QED) is 0.424. The average molecular weight is 308 g/mol. The minimum Gasteiger partial charge on any atom is -0.347 e. The normalized spacial score (nSPS) is 11.3. The third-order valence-corrected chi connectivity index (χ3v) is 4.44. The lowest BCUT2D eigenvalue weighted by molar-refractivity contribution is 1.09. The van der Waals surface area contributed by atoms with E-state index in [1.54, 1.807) is 6.20 Å². The predicted octanol–water partition coefficient (Wildman–Crippen LogP) is 5.21. The second-order valence-corrected chi connectivity index (χ2v) is 5.75. The van der Waals surface area contributed by atoms with Crippen LogP contribution in [0.2, 0.25) is 0 Å². The fourth-order valence-electron chi connectivity index (χ4n) is 3.38. The molecule has 24 heavy (non-hydrogen) atoms. The van der Waals surface area contributed by atoms with Gasteiger partial charge in [0, 0.05) is 28.6 Å². The van der Waals surface area contributed by atoms with Crippen molar-refractivity contribution in [2.24, 2.45) is 0 Å². The molecule has 5 aromatic rings. The van der Waals surface area contributed by atoms with Crippen LogP contribution in [0, 0.1) is 6.57 Å². The van der Waals surface area contributed by atoms with E-state index in [9.17, 15) is 0 Å². The van der Waals surface area contributed by atoms with E-state index in [1.807, 2.05) is 42.6 Å². The zero-order valence-electron chi connectivity index (χ0n) is 12.7. The monoisotopic (exact) mass is 308 g/mol. The van der Waals surface area contributed by atoms with Crippen LogP contribution < -0.4 is 0 Å². The van der Waals surface area contributed by atoms with E-state index in [0.29, 0.717) is 5.69 Å². The van der Waals surface area contributed by atoms with Gasteiger partial charge in [-0.2, -0.15) is 0 Å². The number of benzene rings is 2. The van der Waals surface area contributed by atoms with Gasteiger partial charge >= 0.3 is 0 Å². The van der Waals surface area contributed by atoms with E-state index in [4.69, 9.17) is 6.57 Å². The molecule has 0 radical (unpaired) electrons. The van der Waals surface area contributed by atoms with Gasteiger partial charge in [0.2, 0.25) is 0 Å². The summed E-state index contributed by atoms with van der Waals surface area (Å²) in [6.45, 7) is 7.28. The molecular weight excluding hydrogens is 296 g/mol. The number of nitrogens with one attached hydrogen (secondary N) is 1. The van der Waals surface area contributed by atoms with Crippen molar-refractivity contribution in [2.45, 2.75) is 0 Å². The van der Waals surface area contributed by atoms with E-state index >= 15 is 0 Å². The van der Waals surface area contributed by atoms with Gasteiger partial charge in [0.05, 0.1) is 12.1 Å². The van der Waals surface area contributed by atoms with Crippen LogP contribution in [0.5, 0.6) is 0 Å². The van der Waals surface area contributed by atoms with E-state index < -0.39 is 0 Å². The van der Waals surface area contributed by atoms with Crippen molar-refractivity contribution in [2.75, 3.05) is 0 Å². The van der Waals surface area contributed by atoms with Crippen LogP contribution >= 0.6 is 0 Å². The number of fused-ring (bicyclic) bond motifs is 4. The molecule has 0 aliphatic heterocycles. The lowest BCUT2D eigenvalue weighted by atomic mass is 10.2. The highest BCUT2D eigenvalue weighted by Gasteiger charge is 2.15. The van der Waals surface area contributed by atoms with Crippen LogP contribution in [-0.2, 0) is 0 Å². The SMILES string of the molecule is [C-]#[N+]c1ccc2c(c1)c1cccnc1n2-c1[nH]cc2ccccc12. The van der Waals surface area contributed by atoms with Crippen LogP contribution in [0.3, 0.4) is 0 Å². The number of aromatic nitrogens is 3. The smallest absolute Gasteiger partial charge is 0.188 e. The Morgan fingerprint density at radius 1 is 0.958 bits per heavy atom. The zero-order chi connectivity index (χ0) is 16.1. The maximum atomic E-state index is 7.28. The molecule has 0 bridgehead atoms. The van der Waals surface area contributed by atoms with E-state index in [-0.39, 0.29) is 0 Å². The minimum atomic E-state index is 0.641. The van der Waals surface area contributed by atoms with Crippen molar-refractivity contribution >= 4 is 38.4 Å². The van der Waals surface area contributed by atoms with Crippen molar-refractivity contribution in [3.63, 3.8) is 0 Å². The molecule has 0 amide bonds. The molecule has 0 fully saturated rings. The Bertz CT molecular complexity index is 1270. The number of H-pyrrole nitrogens is 1. The number of hydrogen-bond donors (Lipinski definition) is 1. The molecule has 112 valence electrons. The molecule has 0 saturated heterocycles. The summed E-state index contributed by atoms with van der Waals surface area (Å²) in [6.07, 6.45) is 3.82. The van der Waals surface area contributed by atoms with E-state index in [0.717, 1.165) is 38.5 Å². The number of aromatic amines is 1. The van der Waals surface area contributed by atoms with Crippen molar-refractivity contribution < 1.29 is 0 Å². The zero-order valence-corrected chi connectivity index (χ0v) is 12.7. The lowest BCUT2D eigenvalue weighted by Crippen LogP contribution is -1.95. The van der Waals surface area contributed by atoms with Crippen molar-refractivity contribution in [3.8, 4) is 5.82 Å². The molecule has 2 aromatic carbocycles. The first kappa shape index (κ1) is 12.9. The number of hydrogen-bond acceptors (Lipinski definition) is 1. The maximum Gasteiger partial charge on any atom is 0.188 e. The fraction of sp³-hybridized carbons (Fsp3) is 0. The van der Waals surface area contributed by atoms with Crippen molar-refractivity contribution in [1.82, 2.24) is 14.5 Å². The van der Waals surface area contributed by atoms with Gasteiger partial charge in [0.1, 0.15) is 11.5 Å². The molecule has 5 rings (SSSR count). The molecule has 0 atom stereocenters. The summed E-state index contributed by atoms with van der Waals surface area (Å²) in [5.74, 6) is 1.000. The Kier molecular flexibility index (Phi) is 2.53. The Labute approximate surface area is 137 Å². The molecule has 0 aliphatic rings. The second-order valence-electron chi connectivity index (χ2n) is 5.75. The molecule has 0 saturated carbocycles. The Morgan fingerprint density at radius 2 is 1.83 bits per heavy atom. The highest BCUT2D eigenvalue weighted by Crippen LogP contribution is 2.34. The fourth-order valence-corrected chi connectivity index (χ4v) is 3.38. The Hall–Kier alpha value is -3.58. The summed E-state index contributed by atoms with van der Waals surface area (Å²) >= 11 is 0. The third kappa shape index (κ3) is 1.64. The predicted molar refractivity (Wildman–Crippen MR) is 96.7 cm³/mol. The molecule has 0 spiro atoms. The molecule has 0 aliphatic carbocycles. The van der Waals surface area contributed by atoms with Gasteiger partial charge in [-0.05, 0) is 29.7 Å². The van der Waals surface area contributed by atoms with Gasteiger partial charge < -0.3 is 4.98 Å². The summed E-state index contributed by atoms with van der Waals surface area (Å²) in [5.41, 5.74) is 2.58. The van der Waals surface area contributed by atoms with Crippen LogP contribution in [0.4, 0.5) is 5.69 Å². The highest BCUT2D eigenvalue weighted by atomic mass is 15.1. The summed E-state index contributed by atoms with van der Waals surface area (Å²) in [5, 5.41) is 4.41. The molecule has 0 unspecified atom stereocenters. The first-order chi connectivity index (χ1) is 11.9. The van der Waals surface area contributed by atoms with Gasteiger partial charge in [-0.25, -0.2) is 9.83 Å². The van der Waals surface area contributed by atoms with E-state index in [2.05, 4.69) is 37.6 Å². The lowest BCUT2D eigenvalue weighted by Gasteiger charge is -2.05. The van der Waals surface area contributed by atoms with Crippen LogP contribution in [0.25, 0.3) is 43.4 Å². The van der Waals surface area contributed by atoms with Gasteiger partial charge in [-0.15, -0.1) is 0 Å².